The summed E-state index contributed by atoms with van der Waals surface area (Å²) in [7, 11) is 0. The number of benzene rings is 2. The maximum absolute atomic E-state index is 13.6. The summed E-state index contributed by atoms with van der Waals surface area (Å²) in [6.45, 7) is 6.34. The van der Waals surface area contributed by atoms with E-state index >= 15 is 0 Å². The van der Waals surface area contributed by atoms with Gasteiger partial charge in [-0.3, -0.25) is 9.59 Å². The van der Waals surface area contributed by atoms with E-state index in [-0.39, 0.29) is 23.6 Å². The molecule has 1 fully saturated rings. The average Bonchev–Trinajstić information content (AvgIpc) is 3.72. The van der Waals surface area contributed by atoms with Crippen LogP contribution >= 0.6 is 0 Å². The van der Waals surface area contributed by atoms with Crippen molar-refractivity contribution in [3.63, 3.8) is 0 Å². The van der Waals surface area contributed by atoms with Crippen molar-refractivity contribution in [3.8, 4) is 11.5 Å². The van der Waals surface area contributed by atoms with Gasteiger partial charge in [0, 0.05) is 6.20 Å². The summed E-state index contributed by atoms with van der Waals surface area (Å²) in [4.78, 5) is 33.2. The molecule has 0 saturated carbocycles. The molecule has 1 aliphatic rings. The fourth-order valence-corrected chi connectivity index (χ4v) is 5.45. The molecule has 1 N–H and O–H groups in total. The van der Waals surface area contributed by atoms with Crippen molar-refractivity contribution < 1.29 is 28.6 Å². The Kier molecular flexibility index (Phi) is 7.46. The Labute approximate surface area is 248 Å². The van der Waals surface area contributed by atoms with Gasteiger partial charge in [0.25, 0.3) is 11.7 Å². The van der Waals surface area contributed by atoms with Gasteiger partial charge in [0.15, 0.2) is 17.3 Å². The predicted octanol–water partition coefficient (Wildman–Crippen LogP) is 6.14. The van der Waals surface area contributed by atoms with E-state index in [1.807, 2.05) is 73.8 Å². The molecule has 9 heteroatoms. The Morgan fingerprint density at radius 2 is 1.79 bits per heavy atom. The third-order valence-electron chi connectivity index (χ3n) is 7.58. The minimum Gasteiger partial charge on any atom is -0.505 e. The third-order valence-corrected chi connectivity index (χ3v) is 7.58. The number of imidazole rings is 1. The molecule has 2 aromatic carbocycles. The highest BCUT2D eigenvalue weighted by atomic mass is 16.5. The molecular formula is C34H31N3O6. The number of Topliss-reactive ketones (excluding diaryl/α,β-unsaturated/α-hetero) is 1. The molecule has 1 atom stereocenters. The first kappa shape index (κ1) is 27.8. The molecule has 1 unspecified atom stereocenters. The predicted molar refractivity (Wildman–Crippen MR) is 160 cm³/mol. The highest BCUT2D eigenvalue weighted by Gasteiger charge is 2.47. The van der Waals surface area contributed by atoms with Crippen LogP contribution in [0.15, 0.2) is 95.2 Å². The summed E-state index contributed by atoms with van der Waals surface area (Å²) in [5.74, 6) is -0.414. The van der Waals surface area contributed by atoms with E-state index in [4.69, 9.17) is 13.9 Å². The number of nitrogens with zero attached hydrogens (tertiary/aromatic N) is 3. The van der Waals surface area contributed by atoms with E-state index in [1.54, 1.807) is 30.3 Å². The number of aliphatic hydroxyl groups excluding tert-OH is 1. The molecule has 1 amide bonds. The number of likely N-dealkylation sites (tertiary alicyclic amines) is 1. The summed E-state index contributed by atoms with van der Waals surface area (Å²) in [6.07, 6.45) is 3.35. The van der Waals surface area contributed by atoms with E-state index in [2.05, 4.69) is 4.98 Å². The number of hydrogen-bond donors (Lipinski definition) is 1. The second kappa shape index (κ2) is 11.5. The third kappa shape index (κ3) is 5.14. The van der Waals surface area contributed by atoms with Crippen molar-refractivity contribution in [1.82, 2.24) is 14.3 Å². The first-order chi connectivity index (χ1) is 20.9. The second-order valence-corrected chi connectivity index (χ2v) is 10.4. The van der Waals surface area contributed by atoms with Crippen molar-refractivity contribution in [2.45, 2.75) is 40.0 Å². The number of aromatic nitrogens is 2. The Balaban J connectivity index is 1.47. The van der Waals surface area contributed by atoms with Crippen LogP contribution in [-0.2, 0) is 22.7 Å². The van der Waals surface area contributed by atoms with Gasteiger partial charge < -0.3 is 28.3 Å². The van der Waals surface area contributed by atoms with Crippen molar-refractivity contribution in [1.29, 1.82) is 0 Å². The van der Waals surface area contributed by atoms with Gasteiger partial charge in [0.1, 0.15) is 23.7 Å². The average molecular weight is 578 g/mol. The minimum atomic E-state index is -0.933. The molecule has 1 saturated heterocycles. The fraction of sp³-hybridized carbons (Fsp3) is 0.206. The number of rotatable bonds is 9. The SMILES string of the molecule is CCOc1cc(C2C(=C(O)c3nc4c(C)cccn4c3C)C(=O)C(=O)N2Cc2ccco2)ccc1OCc1ccccc1. The van der Waals surface area contributed by atoms with Gasteiger partial charge in [0.05, 0.1) is 36.7 Å². The minimum absolute atomic E-state index is 0.0263. The van der Waals surface area contributed by atoms with Crippen LogP contribution in [-0.4, -0.2) is 37.7 Å². The summed E-state index contributed by atoms with van der Waals surface area (Å²) in [6, 6.07) is 21.4. The zero-order chi connectivity index (χ0) is 30.1. The lowest BCUT2D eigenvalue weighted by Crippen LogP contribution is -2.29. The van der Waals surface area contributed by atoms with Crippen molar-refractivity contribution in [2.24, 2.45) is 0 Å². The maximum atomic E-state index is 13.6. The molecule has 3 aromatic heterocycles. The van der Waals surface area contributed by atoms with Gasteiger partial charge >= 0.3 is 0 Å². The number of carbonyl (C=O) groups is 2. The van der Waals surface area contributed by atoms with Gasteiger partial charge in [-0.15, -0.1) is 0 Å². The molecule has 43 heavy (non-hydrogen) atoms. The quantitative estimate of drug-likeness (QED) is 0.127. The van der Waals surface area contributed by atoms with E-state index in [1.165, 1.54) is 11.2 Å². The smallest absolute Gasteiger partial charge is 0.296 e. The van der Waals surface area contributed by atoms with Crippen molar-refractivity contribution in [3.05, 3.63) is 125 Å². The summed E-state index contributed by atoms with van der Waals surface area (Å²) < 4.78 is 19.4. The lowest BCUT2D eigenvalue weighted by Gasteiger charge is -2.25. The van der Waals surface area contributed by atoms with Crippen LogP contribution in [0.3, 0.4) is 0 Å². The number of fused-ring (bicyclic) bond motifs is 1. The van der Waals surface area contributed by atoms with Gasteiger partial charge in [-0.2, -0.15) is 0 Å². The monoisotopic (exact) mass is 577 g/mol. The van der Waals surface area contributed by atoms with Crippen LogP contribution in [0.2, 0.25) is 0 Å². The van der Waals surface area contributed by atoms with Gasteiger partial charge in [0.2, 0.25) is 0 Å². The Bertz CT molecular complexity index is 1840. The zero-order valence-electron chi connectivity index (χ0n) is 24.1. The van der Waals surface area contributed by atoms with E-state index in [0.29, 0.717) is 47.4 Å². The van der Waals surface area contributed by atoms with Crippen molar-refractivity contribution >= 4 is 23.1 Å². The first-order valence-electron chi connectivity index (χ1n) is 14.1. The first-order valence-corrected chi connectivity index (χ1v) is 14.1. The van der Waals surface area contributed by atoms with Crippen LogP contribution in [0.25, 0.3) is 11.4 Å². The number of furan rings is 1. The molecule has 6 rings (SSSR count). The van der Waals surface area contributed by atoms with Crippen LogP contribution in [0, 0.1) is 13.8 Å². The molecule has 0 radical (unpaired) electrons. The standard InChI is InChI=1S/C34H31N3O6/c1-4-41-27-18-24(14-15-26(27)43-20-23-11-6-5-7-12-23)30-28(32(39)34(40)37(30)19-25-13-9-17-42-25)31(38)29-22(3)36-16-8-10-21(2)33(36)35-29/h5-18,30,38H,4,19-20H2,1-3H3. The second-order valence-electron chi connectivity index (χ2n) is 10.4. The molecule has 0 aliphatic carbocycles. The van der Waals surface area contributed by atoms with E-state index < -0.39 is 17.7 Å². The van der Waals surface area contributed by atoms with Crippen molar-refractivity contribution in [2.75, 3.05) is 6.61 Å². The van der Waals surface area contributed by atoms with Crippen LogP contribution in [0.4, 0.5) is 0 Å². The highest BCUT2D eigenvalue weighted by Crippen LogP contribution is 2.43. The summed E-state index contributed by atoms with van der Waals surface area (Å²) in [5, 5.41) is 11.7. The van der Waals surface area contributed by atoms with Gasteiger partial charge in [-0.25, -0.2) is 4.98 Å². The fourth-order valence-electron chi connectivity index (χ4n) is 5.45. The maximum Gasteiger partial charge on any atom is 0.296 e. The zero-order valence-corrected chi connectivity index (χ0v) is 24.1. The highest BCUT2D eigenvalue weighted by molar-refractivity contribution is 6.46. The topological polar surface area (TPSA) is 107 Å². The largest absolute Gasteiger partial charge is 0.505 e. The number of carbonyl (C=O) groups excluding carboxylic acids is 2. The number of pyridine rings is 1. The molecule has 0 spiro atoms. The lowest BCUT2D eigenvalue weighted by molar-refractivity contribution is -0.140. The van der Waals surface area contributed by atoms with Crippen LogP contribution in [0.1, 0.15) is 46.8 Å². The molecule has 1 aliphatic heterocycles. The lowest BCUT2D eigenvalue weighted by atomic mass is 9.96. The number of amides is 1. The number of ketones is 1. The van der Waals surface area contributed by atoms with E-state index in [9.17, 15) is 14.7 Å². The van der Waals surface area contributed by atoms with Gasteiger partial charge in [-0.1, -0.05) is 42.5 Å². The number of aliphatic hydroxyl groups is 1. The molecule has 4 heterocycles. The molecular weight excluding hydrogens is 546 g/mol. The van der Waals surface area contributed by atoms with Crippen LogP contribution < -0.4 is 9.47 Å². The Morgan fingerprint density at radius 3 is 2.51 bits per heavy atom. The number of hydrogen-bond acceptors (Lipinski definition) is 7. The number of aryl methyl sites for hydroxylation is 2. The van der Waals surface area contributed by atoms with Crippen LogP contribution in [0.5, 0.6) is 11.5 Å². The normalized spacial score (nSPS) is 16.3. The summed E-state index contributed by atoms with van der Waals surface area (Å²) >= 11 is 0. The Morgan fingerprint density at radius 1 is 0.977 bits per heavy atom. The Hall–Kier alpha value is -5.31. The molecule has 9 nitrogen and oxygen atoms in total. The number of ether oxygens (including phenoxy) is 2. The molecule has 218 valence electrons. The molecule has 0 bridgehead atoms. The summed E-state index contributed by atoms with van der Waals surface area (Å²) in [5.41, 5.74) is 3.96. The molecule has 5 aromatic rings. The van der Waals surface area contributed by atoms with E-state index in [0.717, 1.165) is 11.1 Å². The van der Waals surface area contributed by atoms with Gasteiger partial charge in [-0.05, 0) is 67.8 Å².